The van der Waals surface area contributed by atoms with Gasteiger partial charge in [0.1, 0.15) is 11.6 Å². The zero-order chi connectivity index (χ0) is 21.2. The van der Waals surface area contributed by atoms with Crippen molar-refractivity contribution in [1.29, 1.82) is 0 Å². The van der Waals surface area contributed by atoms with Crippen LogP contribution in [0.5, 0.6) is 0 Å². The van der Waals surface area contributed by atoms with Crippen LogP contribution in [0.4, 0.5) is 18.0 Å². The van der Waals surface area contributed by atoms with Gasteiger partial charge in [-0.2, -0.15) is 13.2 Å². The van der Waals surface area contributed by atoms with Crippen LogP contribution in [0.2, 0.25) is 0 Å². The van der Waals surface area contributed by atoms with Crippen LogP contribution in [0.3, 0.4) is 0 Å². The maximum Gasteiger partial charge on any atom is 0.434 e. The standard InChI is InChI=1S/C17H27F3N2O5/c1-15(2,3)21-12(23)11(17(18,19)20)26-13(24)10-8-7-9-22(10)14(25)27-16(4,5)6/h10-11H,7-9H2,1-6H3,(H,21,23)/t10-,11?/m0/s1. The summed E-state index contributed by atoms with van der Waals surface area (Å²) in [4.78, 5) is 37.5. The molecular weight excluding hydrogens is 369 g/mol. The summed E-state index contributed by atoms with van der Waals surface area (Å²) in [6.45, 7) is 9.55. The van der Waals surface area contributed by atoms with Gasteiger partial charge >= 0.3 is 18.2 Å². The molecule has 1 saturated heterocycles. The average Bonchev–Trinajstić information content (AvgIpc) is 2.88. The highest BCUT2D eigenvalue weighted by molar-refractivity contribution is 5.87. The maximum atomic E-state index is 13.2. The molecular formula is C17H27F3N2O5. The van der Waals surface area contributed by atoms with Gasteiger partial charge in [-0.25, -0.2) is 9.59 Å². The van der Waals surface area contributed by atoms with Gasteiger partial charge in [0.05, 0.1) is 0 Å². The van der Waals surface area contributed by atoms with E-state index < -0.39 is 47.4 Å². The van der Waals surface area contributed by atoms with E-state index in [-0.39, 0.29) is 13.0 Å². The van der Waals surface area contributed by atoms with Crippen LogP contribution in [0.15, 0.2) is 0 Å². The second kappa shape index (κ2) is 7.93. The first-order valence-electron chi connectivity index (χ1n) is 8.60. The Balaban J connectivity index is 2.91. The molecule has 1 aliphatic heterocycles. The van der Waals surface area contributed by atoms with E-state index in [4.69, 9.17) is 4.74 Å². The number of alkyl halides is 3. The first-order chi connectivity index (χ1) is 12.0. The van der Waals surface area contributed by atoms with Gasteiger partial charge in [0, 0.05) is 12.1 Å². The number of amides is 2. The molecule has 0 aromatic heterocycles. The van der Waals surface area contributed by atoms with Crippen molar-refractivity contribution in [3.63, 3.8) is 0 Å². The van der Waals surface area contributed by atoms with Crippen molar-refractivity contribution in [2.24, 2.45) is 0 Å². The van der Waals surface area contributed by atoms with E-state index in [1.165, 1.54) is 20.8 Å². The molecule has 0 radical (unpaired) electrons. The Morgan fingerprint density at radius 1 is 1.07 bits per heavy atom. The van der Waals surface area contributed by atoms with Crippen molar-refractivity contribution in [2.45, 2.75) is 83.8 Å². The predicted octanol–water partition coefficient (Wildman–Crippen LogP) is 2.77. The van der Waals surface area contributed by atoms with Gasteiger partial charge in [-0.05, 0) is 54.4 Å². The lowest BCUT2D eigenvalue weighted by Gasteiger charge is -2.29. The van der Waals surface area contributed by atoms with Crippen molar-refractivity contribution in [2.75, 3.05) is 6.54 Å². The lowest BCUT2D eigenvalue weighted by atomic mass is 10.1. The van der Waals surface area contributed by atoms with Crippen molar-refractivity contribution in [3.05, 3.63) is 0 Å². The molecule has 1 heterocycles. The number of likely N-dealkylation sites (tertiary alicyclic amines) is 1. The lowest BCUT2D eigenvalue weighted by Crippen LogP contribution is -2.54. The molecule has 10 heteroatoms. The van der Waals surface area contributed by atoms with Gasteiger partial charge in [0.2, 0.25) is 0 Å². The first kappa shape index (κ1) is 23.0. The number of carbonyl (C=O) groups excluding carboxylic acids is 3. The van der Waals surface area contributed by atoms with Crippen LogP contribution >= 0.6 is 0 Å². The van der Waals surface area contributed by atoms with Crippen LogP contribution < -0.4 is 5.32 Å². The fourth-order valence-electron chi connectivity index (χ4n) is 2.45. The normalized spacial score (nSPS) is 19.4. The molecule has 2 amide bonds. The van der Waals surface area contributed by atoms with Crippen LogP contribution in [0.1, 0.15) is 54.4 Å². The fourth-order valence-corrected chi connectivity index (χ4v) is 2.45. The summed E-state index contributed by atoms with van der Waals surface area (Å²) in [6, 6.07) is -1.23. The molecule has 2 atom stereocenters. The Bertz CT molecular complexity index is 579. The summed E-state index contributed by atoms with van der Waals surface area (Å²) >= 11 is 0. The monoisotopic (exact) mass is 396 g/mol. The van der Waals surface area contributed by atoms with Crippen molar-refractivity contribution < 1.29 is 37.0 Å². The quantitative estimate of drug-likeness (QED) is 0.742. The van der Waals surface area contributed by atoms with Crippen LogP contribution in [-0.4, -0.2) is 58.9 Å². The van der Waals surface area contributed by atoms with Crippen LogP contribution in [0, 0.1) is 0 Å². The third kappa shape index (κ3) is 7.26. The Hall–Kier alpha value is -2.00. The number of esters is 1. The van der Waals surface area contributed by atoms with E-state index in [1.54, 1.807) is 20.8 Å². The number of rotatable bonds is 3. The third-order valence-corrected chi connectivity index (χ3v) is 3.42. The Morgan fingerprint density at radius 3 is 2.07 bits per heavy atom. The van der Waals surface area contributed by atoms with E-state index in [0.29, 0.717) is 6.42 Å². The molecule has 0 aromatic rings. The zero-order valence-corrected chi connectivity index (χ0v) is 16.4. The van der Waals surface area contributed by atoms with Crippen molar-refractivity contribution >= 4 is 18.0 Å². The Morgan fingerprint density at radius 2 is 1.63 bits per heavy atom. The van der Waals surface area contributed by atoms with E-state index in [2.05, 4.69) is 10.1 Å². The second-order valence-electron chi connectivity index (χ2n) is 8.43. The number of ether oxygens (including phenoxy) is 2. The predicted molar refractivity (Wildman–Crippen MR) is 89.8 cm³/mol. The number of nitrogens with one attached hydrogen (secondary N) is 1. The lowest BCUT2D eigenvalue weighted by molar-refractivity contribution is -0.222. The fraction of sp³-hybridized carbons (Fsp3) is 0.824. The van der Waals surface area contributed by atoms with Gasteiger partial charge < -0.3 is 14.8 Å². The van der Waals surface area contributed by atoms with Gasteiger partial charge in [-0.3, -0.25) is 9.69 Å². The van der Waals surface area contributed by atoms with Gasteiger partial charge in [-0.15, -0.1) is 0 Å². The molecule has 1 rings (SSSR count). The number of carbonyl (C=O) groups is 3. The summed E-state index contributed by atoms with van der Waals surface area (Å²) in [5, 5.41) is 2.15. The Labute approximate surface area is 156 Å². The van der Waals surface area contributed by atoms with E-state index in [0.717, 1.165) is 4.90 Å². The number of nitrogens with zero attached hydrogens (tertiary/aromatic N) is 1. The highest BCUT2D eigenvalue weighted by Crippen LogP contribution is 2.27. The summed E-state index contributed by atoms with van der Waals surface area (Å²) in [7, 11) is 0. The highest BCUT2D eigenvalue weighted by atomic mass is 19.4. The van der Waals surface area contributed by atoms with Gasteiger partial charge in [-0.1, -0.05) is 0 Å². The molecule has 1 N–H and O–H groups in total. The minimum atomic E-state index is -5.08. The smallest absolute Gasteiger partial charge is 0.434 e. The molecule has 1 fully saturated rings. The topological polar surface area (TPSA) is 84.9 Å². The van der Waals surface area contributed by atoms with E-state index >= 15 is 0 Å². The zero-order valence-electron chi connectivity index (χ0n) is 16.4. The van der Waals surface area contributed by atoms with Crippen LogP contribution in [0.25, 0.3) is 0 Å². The highest BCUT2D eigenvalue weighted by Gasteiger charge is 2.50. The molecule has 0 saturated carbocycles. The molecule has 0 aromatic carbocycles. The molecule has 156 valence electrons. The molecule has 27 heavy (non-hydrogen) atoms. The SMILES string of the molecule is CC(C)(C)NC(=O)C(OC(=O)[C@@H]1CCCN1C(=O)OC(C)(C)C)C(F)(F)F. The molecule has 1 aliphatic rings. The minimum absolute atomic E-state index is 0.129. The summed E-state index contributed by atoms with van der Waals surface area (Å²) in [5.41, 5.74) is -1.77. The summed E-state index contributed by atoms with van der Waals surface area (Å²) in [5.74, 6) is -2.75. The summed E-state index contributed by atoms with van der Waals surface area (Å²) in [6.07, 6.45) is -8.32. The number of halogens is 3. The van der Waals surface area contributed by atoms with Gasteiger partial charge in [0.25, 0.3) is 12.0 Å². The molecule has 0 aliphatic carbocycles. The summed E-state index contributed by atoms with van der Waals surface area (Å²) < 4.78 is 49.3. The van der Waals surface area contributed by atoms with Gasteiger partial charge in [0.15, 0.2) is 0 Å². The second-order valence-corrected chi connectivity index (χ2v) is 8.43. The molecule has 7 nitrogen and oxygen atoms in total. The maximum absolute atomic E-state index is 13.2. The molecule has 1 unspecified atom stereocenters. The number of hydrogen-bond donors (Lipinski definition) is 1. The molecule has 0 spiro atoms. The Kier molecular flexibility index (Phi) is 6.77. The van der Waals surface area contributed by atoms with E-state index in [9.17, 15) is 27.6 Å². The van der Waals surface area contributed by atoms with Crippen molar-refractivity contribution in [1.82, 2.24) is 10.2 Å². The average molecular weight is 396 g/mol. The van der Waals surface area contributed by atoms with Crippen molar-refractivity contribution in [3.8, 4) is 0 Å². The van der Waals surface area contributed by atoms with Crippen LogP contribution in [-0.2, 0) is 19.1 Å². The molecule has 0 bridgehead atoms. The largest absolute Gasteiger partial charge is 0.444 e. The minimum Gasteiger partial charge on any atom is -0.444 e. The first-order valence-corrected chi connectivity index (χ1v) is 8.60. The third-order valence-electron chi connectivity index (χ3n) is 3.42. The van der Waals surface area contributed by atoms with E-state index in [1.807, 2.05) is 0 Å². The number of hydrogen-bond acceptors (Lipinski definition) is 5.